The average molecular weight is 150 g/mol. The van der Waals surface area contributed by atoms with E-state index in [4.69, 9.17) is 4.74 Å². The van der Waals surface area contributed by atoms with E-state index in [9.17, 15) is 0 Å². The van der Waals surface area contributed by atoms with Crippen molar-refractivity contribution in [2.45, 2.75) is 38.4 Å². The van der Waals surface area contributed by atoms with Gasteiger partial charge in [-0.2, -0.15) is 0 Å². The monoisotopic (exact) mass is 150 g/mol. The highest BCUT2D eigenvalue weighted by atomic mass is 16.6. The molecule has 0 radical (unpaired) electrons. The summed E-state index contributed by atoms with van der Waals surface area (Å²) in [6.07, 6.45) is 5.94. The molecule has 1 heteroatoms. The molecule has 4 rings (SSSR count). The summed E-state index contributed by atoms with van der Waals surface area (Å²) in [5.74, 6) is 3.14. The summed E-state index contributed by atoms with van der Waals surface area (Å²) < 4.78 is 5.72. The maximum Gasteiger partial charge on any atom is 0.0901 e. The normalized spacial score (nSPS) is 75.5. The molecule has 3 aliphatic carbocycles. The second-order valence-electron chi connectivity index (χ2n) is 5.34. The Bertz CT molecular complexity index is 235. The largest absolute Gasteiger partial charge is 0.369 e. The predicted octanol–water partition coefficient (Wildman–Crippen LogP) is 1.82. The van der Waals surface area contributed by atoms with Crippen LogP contribution in [0.25, 0.3) is 0 Å². The second kappa shape index (κ2) is 1.28. The lowest BCUT2D eigenvalue weighted by Gasteiger charge is -2.31. The van der Waals surface area contributed by atoms with Crippen LogP contribution in [0.5, 0.6) is 0 Å². The van der Waals surface area contributed by atoms with E-state index in [1.54, 1.807) is 0 Å². The first kappa shape index (κ1) is 5.58. The zero-order chi connectivity index (χ0) is 7.22. The van der Waals surface area contributed by atoms with Crippen molar-refractivity contribution in [3.63, 3.8) is 0 Å². The summed E-state index contributed by atoms with van der Waals surface area (Å²) in [6, 6.07) is 0. The Morgan fingerprint density at radius 2 is 2.27 bits per heavy atom. The van der Waals surface area contributed by atoms with Crippen LogP contribution < -0.4 is 0 Å². The highest BCUT2D eigenvalue weighted by Gasteiger charge is 2.73. The minimum absolute atomic E-state index is 0.637. The Morgan fingerprint density at radius 3 is 2.91 bits per heavy atom. The van der Waals surface area contributed by atoms with Gasteiger partial charge in [-0.3, -0.25) is 0 Å². The van der Waals surface area contributed by atoms with Crippen LogP contribution >= 0.6 is 0 Å². The third kappa shape index (κ3) is 0.416. The quantitative estimate of drug-likeness (QED) is 0.480. The van der Waals surface area contributed by atoms with E-state index < -0.39 is 0 Å². The zero-order valence-corrected chi connectivity index (χ0v) is 6.92. The fourth-order valence-electron chi connectivity index (χ4n) is 4.55. The van der Waals surface area contributed by atoms with Gasteiger partial charge in [-0.05, 0) is 42.4 Å². The molecule has 6 unspecified atom stereocenters. The molecule has 6 atom stereocenters. The molecule has 4 fully saturated rings. The van der Waals surface area contributed by atoms with Crippen LogP contribution in [0.2, 0.25) is 0 Å². The summed E-state index contributed by atoms with van der Waals surface area (Å²) in [6.45, 7) is 2.47. The van der Waals surface area contributed by atoms with Gasteiger partial charge < -0.3 is 4.74 Å². The highest BCUT2D eigenvalue weighted by Crippen LogP contribution is 2.72. The molecule has 0 aromatic heterocycles. The summed E-state index contributed by atoms with van der Waals surface area (Å²) in [4.78, 5) is 0. The van der Waals surface area contributed by atoms with Gasteiger partial charge in [0.2, 0.25) is 0 Å². The van der Waals surface area contributed by atoms with Crippen molar-refractivity contribution >= 4 is 0 Å². The summed E-state index contributed by atoms with van der Waals surface area (Å²) in [7, 11) is 0. The Morgan fingerprint density at radius 1 is 1.36 bits per heavy atom. The molecule has 1 aliphatic heterocycles. The maximum atomic E-state index is 5.72. The first-order valence-electron chi connectivity index (χ1n) is 4.94. The van der Waals surface area contributed by atoms with Gasteiger partial charge in [-0.25, -0.2) is 0 Å². The van der Waals surface area contributed by atoms with Gasteiger partial charge in [0.1, 0.15) is 0 Å². The zero-order valence-electron chi connectivity index (χ0n) is 6.92. The summed E-state index contributed by atoms with van der Waals surface area (Å²) in [5, 5.41) is 0. The van der Waals surface area contributed by atoms with Gasteiger partial charge in [-0.1, -0.05) is 6.92 Å². The van der Waals surface area contributed by atoms with Crippen LogP contribution in [0.15, 0.2) is 0 Å². The number of epoxide rings is 1. The molecule has 3 saturated carbocycles. The number of ether oxygens (including phenoxy) is 1. The minimum Gasteiger partial charge on any atom is -0.369 e. The van der Waals surface area contributed by atoms with E-state index >= 15 is 0 Å². The van der Waals surface area contributed by atoms with Crippen LogP contribution in [0.1, 0.15) is 26.2 Å². The number of hydrogen-bond donors (Lipinski definition) is 0. The molecule has 0 amide bonds. The lowest BCUT2D eigenvalue weighted by molar-refractivity contribution is 0.0764. The topological polar surface area (TPSA) is 12.5 Å². The van der Waals surface area contributed by atoms with E-state index in [-0.39, 0.29) is 0 Å². The molecular weight excluding hydrogens is 136 g/mol. The van der Waals surface area contributed by atoms with Gasteiger partial charge in [0.05, 0.1) is 12.2 Å². The van der Waals surface area contributed by atoms with Crippen molar-refractivity contribution in [1.29, 1.82) is 0 Å². The van der Waals surface area contributed by atoms with Gasteiger partial charge in [0.25, 0.3) is 0 Å². The van der Waals surface area contributed by atoms with Crippen molar-refractivity contribution in [1.82, 2.24) is 0 Å². The molecule has 1 heterocycles. The molecule has 1 saturated heterocycles. The van der Waals surface area contributed by atoms with E-state index in [1.165, 1.54) is 19.3 Å². The van der Waals surface area contributed by atoms with Crippen LogP contribution in [0.4, 0.5) is 0 Å². The van der Waals surface area contributed by atoms with Crippen LogP contribution in [-0.2, 0) is 4.74 Å². The molecule has 0 aromatic carbocycles. The predicted molar refractivity (Wildman–Crippen MR) is 41.1 cm³/mol. The molecular formula is C10H14O. The Kier molecular flexibility index (Phi) is 0.651. The number of rotatable bonds is 0. The van der Waals surface area contributed by atoms with Crippen molar-refractivity contribution in [2.24, 2.45) is 23.2 Å². The lowest BCUT2D eigenvalue weighted by atomic mass is 9.75. The molecule has 0 N–H and O–H groups in total. The smallest absolute Gasteiger partial charge is 0.0901 e. The van der Waals surface area contributed by atoms with E-state index in [2.05, 4.69) is 6.92 Å². The van der Waals surface area contributed by atoms with Gasteiger partial charge in [0, 0.05) is 0 Å². The SMILES string of the molecule is CC12CC3CC(C4OC41)C2C3. The number of hydrogen-bond acceptors (Lipinski definition) is 1. The van der Waals surface area contributed by atoms with Crippen molar-refractivity contribution in [2.75, 3.05) is 0 Å². The fourth-order valence-corrected chi connectivity index (χ4v) is 4.55. The molecule has 1 nitrogen and oxygen atoms in total. The molecule has 11 heavy (non-hydrogen) atoms. The Hall–Kier alpha value is -0.0400. The maximum absolute atomic E-state index is 5.72. The molecule has 4 aliphatic rings. The molecule has 0 aromatic rings. The highest BCUT2D eigenvalue weighted by molar-refractivity contribution is 5.21. The molecule has 0 spiro atoms. The van der Waals surface area contributed by atoms with Crippen molar-refractivity contribution in [3.8, 4) is 0 Å². The Labute approximate surface area is 67.1 Å². The fraction of sp³-hybridized carbons (Fsp3) is 1.00. The van der Waals surface area contributed by atoms with Crippen LogP contribution in [-0.4, -0.2) is 12.2 Å². The third-order valence-electron chi connectivity index (χ3n) is 4.88. The lowest BCUT2D eigenvalue weighted by Crippen LogP contribution is -2.28. The minimum atomic E-state index is 0.637. The molecule has 60 valence electrons. The van der Waals surface area contributed by atoms with Gasteiger partial charge in [0.15, 0.2) is 0 Å². The first-order valence-corrected chi connectivity index (χ1v) is 4.94. The Balaban J connectivity index is 1.91. The van der Waals surface area contributed by atoms with Gasteiger partial charge in [-0.15, -0.1) is 0 Å². The standard InChI is InChI=1S/C10H14O/c1-10-4-5-2-6(7(10)3-5)8-9(10)11-8/h5-9H,2-4H2,1H3. The van der Waals surface area contributed by atoms with Crippen molar-refractivity contribution in [3.05, 3.63) is 0 Å². The number of fused-ring (bicyclic) bond motifs is 4. The van der Waals surface area contributed by atoms with E-state index in [0.29, 0.717) is 11.5 Å². The van der Waals surface area contributed by atoms with Gasteiger partial charge >= 0.3 is 0 Å². The van der Waals surface area contributed by atoms with Crippen LogP contribution in [0, 0.1) is 23.2 Å². The first-order chi connectivity index (χ1) is 5.29. The average Bonchev–Trinajstić information content (AvgIpc) is 2.53. The second-order valence-corrected chi connectivity index (χ2v) is 5.34. The van der Waals surface area contributed by atoms with Crippen molar-refractivity contribution < 1.29 is 4.74 Å². The van der Waals surface area contributed by atoms with Crippen LogP contribution in [0.3, 0.4) is 0 Å². The third-order valence-corrected chi connectivity index (χ3v) is 4.88. The van der Waals surface area contributed by atoms with E-state index in [0.717, 1.165) is 23.9 Å². The van der Waals surface area contributed by atoms with E-state index in [1.807, 2.05) is 0 Å². The summed E-state index contributed by atoms with van der Waals surface area (Å²) in [5.41, 5.74) is 0.637. The molecule has 2 bridgehead atoms. The summed E-state index contributed by atoms with van der Waals surface area (Å²) >= 11 is 0.